The first-order valence-corrected chi connectivity index (χ1v) is 6.94. The van der Waals surface area contributed by atoms with Crippen LogP contribution in [0.15, 0.2) is 0 Å². The molecule has 0 aromatic rings. The van der Waals surface area contributed by atoms with Crippen molar-refractivity contribution in [3.05, 3.63) is 0 Å². The lowest BCUT2D eigenvalue weighted by molar-refractivity contribution is -0.0611. The lowest BCUT2D eigenvalue weighted by Gasteiger charge is -2.56. The minimum atomic E-state index is -0.103. The van der Waals surface area contributed by atoms with E-state index >= 15 is 0 Å². The highest BCUT2D eigenvalue weighted by Gasteiger charge is 2.50. The molecule has 0 aromatic heterocycles. The second-order valence-corrected chi connectivity index (χ2v) is 8.55. The molecular weight excluding hydrogens is 206 g/mol. The number of hydrogen-bond donors (Lipinski definition) is 1. The van der Waals surface area contributed by atoms with Crippen LogP contribution in [0, 0.1) is 22.2 Å². The largest absolute Gasteiger partial charge is 0.326 e. The van der Waals surface area contributed by atoms with Crippen LogP contribution in [-0.4, -0.2) is 5.54 Å². The molecule has 0 amide bonds. The first kappa shape index (κ1) is 17.0. The minimum Gasteiger partial charge on any atom is -0.326 e. The molecule has 0 aliphatic heterocycles. The van der Waals surface area contributed by atoms with Crippen molar-refractivity contribution < 1.29 is 0 Å². The Kier molecular flexibility index (Phi) is 4.56. The van der Waals surface area contributed by atoms with E-state index in [1.165, 1.54) is 0 Å². The van der Waals surface area contributed by atoms with Gasteiger partial charge in [0.1, 0.15) is 0 Å². The van der Waals surface area contributed by atoms with Crippen LogP contribution < -0.4 is 5.73 Å². The maximum atomic E-state index is 6.24. The predicted octanol–water partition coefficient (Wildman–Crippen LogP) is 4.85. The van der Waals surface area contributed by atoms with Crippen LogP contribution in [0.2, 0.25) is 0 Å². The van der Waals surface area contributed by atoms with Gasteiger partial charge in [-0.1, -0.05) is 55.4 Å². The zero-order valence-electron chi connectivity index (χ0n) is 13.9. The molecule has 0 saturated carbocycles. The van der Waals surface area contributed by atoms with Gasteiger partial charge in [-0.05, 0) is 42.4 Å². The van der Waals surface area contributed by atoms with Crippen molar-refractivity contribution in [2.45, 2.75) is 81.2 Å². The van der Waals surface area contributed by atoms with E-state index < -0.39 is 0 Å². The maximum Gasteiger partial charge on any atom is 0.0102 e. The Bertz CT molecular complexity index is 251. The highest BCUT2D eigenvalue weighted by atomic mass is 14.7. The highest BCUT2D eigenvalue weighted by molar-refractivity contribution is 5.00. The van der Waals surface area contributed by atoms with Gasteiger partial charge >= 0.3 is 0 Å². The summed E-state index contributed by atoms with van der Waals surface area (Å²) in [6.07, 6.45) is 1.04. The Morgan fingerprint density at radius 2 is 1.18 bits per heavy atom. The Morgan fingerprint density at radius 3 is 1.41 bits per heavy atom. The normalized spacial score (nSPS) is 15.5. The second-order valence-electron chi connectivity index (χ2n) is 8.55. The molecule has 1 nitrogen and oxygen atoms in total. The summed E-state index contributed by atoms with van der Waals surface area (Å²) in [5, 5.41) is 0. The zero-order chi connectivity index (χ0) is 14.3. The molecule has 0 aliphatic carbocycles. The van der Waals surface area contributed by atoms with E-state index in [9.17, 15) is 0 Å². The number of hydrogen-bond acceptors (Lipinski definition) is 1. The summed E-state index contributed by atoms with van der Waals surface area (Å²) in [5.41, 5.74) is 6.89. The standard InChI is InChI=1S/C16H35N/c1-12(2)15(7,8)16(9,10)13(3,4)11-14(5,6)17/h12H,11,17H2,1-10H3. The van der Waals surface area contributed by atoms with Crippen LogP contribution >= 0.6 is 0 Å². The molecule has 2 N–H and O–H groups in total. The summed E-state index contributed by atoms with van der Waals surface area (Å²) in [4.78, 5) is 0. The third-order valence-electron chi connectivity index (χ3n) is 5.64. The van der Waals surface area contributed by atoms with Gasteiger partial charge in [-0.3, -0.25) is 0 Å². The van der Waals surface area contributed by atoms with E-state index in [-0.39, 0.29) is 16.4 Å². The van der Waals surface area contributed by atoms with Crippen LogP contribution in [-0.2, 0) is 0 Å². The molecule has 0 bridgehead atoms. The van der Waals surface area contributed by atoms with Gasteiger partial charge in [0.05, 0.1) is 0 Å². The third kappa shape index (κ3) is 3.47. The summed E-state index contributed by atoms with van der Waals surface area (Å²) < 4.78 is 0. The van der Waals surface area contributed by atoms with Crippen molar-refractivity contribution in [1.82, 2.24) is 0 Å². The minimum absolute atomic E-state index is 0.103. The molecule has 0 spiro atoms. The Labute approximate surface area is 110 Å². The molecule has 17 heavy (non-hydrogen) atoms. The van der Waals surface area contributed by atoms with Crippen molar-refractivity contribution in [3.8, 4) is 0 Å². The molecule has 0 rings (SSSR count). The molecule has 0 fully saturated rings. The first-order valence-electron chi connectivity index (χ1n) is 6.94. The summed E-state index contributed by atoms with van der Waals surface area (Å²) in [7, 11) is 0. The third-order valence-corrected chi connectivity index (χ3v) is 5.64. The average molecular weight is 241 g/mol. The number of rotatable bonds is 5. The van der Waals surface area contributed by atoms with Gasteiger partial charge in [-0.15, -0.1) is 0 Å². The molecule has 0 unspecified atom stereocenters. The van der Waals surface area contributed by atoms with E-state index in [1.807, 2.05) is 0 Å². The molecule has 0 aliphatic rings. The lowest BCUT2D eigenvalue weighted by Crippen LogP contribution is -2.51. The quantitative estimate of drug-likeness (QED) is 0.731. The van der Waals surface area contributed by atoms with Gasteiger partial charge in [0.25, 0.3) is 0 Å². The summed E-state index contributed by atoms with van der Waals surface area (Å²) >= 11 is 0. The summed E-state index contributed by atoms with van der Waals surface area (Å²) in [5.74, 6) is 0.665. The Morgan fingerprint density at radius 1 is 0.824 bits per heavy atom. The van der Waals surface area contributed by atoms with Gasteiger partial charge in [0, 0.05) is 5.54 Å². The maximum absolute atomic E-state index is 6.24. The van der Waals surface area contributed by atoms with E-state index in [1.54, 1.807) is 0 Å². The van der Waals surface area contributed by atoms with Crippen molar-refractivity contribution in [2.24, 2.45) is 27.9 Å². The van der Waals surface area contributed by atoms with Crippen LogP contribution in [0.5, 0.6) is 0 Å². The Balaban J connectivity index is 5.30. The van der Waals surface area contributed by atoms with Crippen molar-refractivity contribution in [2.75, 3.05) is 0 Å². The van der Waals surface area contributed by atoms with Crippen LogP contribution in [0.4, 0.5) is 0 Å². The smallest absolute Gasteiger partial charge is 0.0102 e. The monoisotopic (exact) mass is 241 g/mol. The lowest BCUT2D eigenvalue weighted by atomic mass is 9.50. The van der Waals surface area contributed by atoms with E-state index in [0.717, 1.165) is 6.42 Å². The number of nitrogens with two attached hydrogens (primary N) is 1. The molecule has 0 saturated heterocycles. The van der Waals surface area contributed by atoms with Gasteiger partial charge in [-0.2, -0.15) is 0 Å². The van der Waals surface area contributed by atoms with E-state index in [0.29, 0.717) is 11.3 Å². The van der Waals surface area contributed by atoms with Gasteiger partial charge in [-0.25, -0.2) is 0 Å². The summed E-state index contributed by atoms with van der Waals surface area (Å²) in [6.45, 7) is 23.2. The van der Waals surface area contributed by atoms with Crippen LogP contribution in [0.1, 0.15) is 75.7 Å². The second kappa shape index (κ2) is 4.57. The van der Waals surface area contributed by atoms with Crippen LogP contribution in [0.3, 0.4) is 0 Å². The summed E-state index contributed by atoms with van der Waals surface area (Å²) in [6, 6.07) is 0. The van der Waals surface area contributed by atoms with E-state index in [4.69, 9.17) is 5.73 Å². The molecule has 0 atom stereocenters. The van der Waals surface area contributed by atoms with Crippen molar-refractivity contribution in [1.29, 1.82) is 0 Å². The van der Waals surface area contributed by atoms with Crippen molar-refractivity contribution in [3.63, 3.8) is 0 Å². The molecule has 1 heteroatoms. The topological polar surface area (TPSA) is 26.0 Å². The van der Waals surface area contributed by atoms with Crippen LogP contribution in [0.25, 0.3) is 0 Å². The molecule has 0 heterocycles. The van der Waals surface area contributed by atoms with Gasteiger partial charge < -0.3 is 5.73 Å². The highest BCUT2D eigenvalue weighted by Crippen LogP contribution is 2.56. The fraction of sp³-hybridized carbons (Fsp3) is 1.00. The predicted molar refractivity (Wildman–Crippen MR) is 79.1 cm³/mol. The first-order chi connectivity index (χ1) is 7.15. The van der Waals surface area contributed by atoms with Crippen molar-refractivity contribution >= 4 is 0 Å². The molecule has 104 valence electrons. The SMILES string of the molecule is CC(C)C(C)(C)C(C)(C)C(C)(C)CC(C)(C)N. The zero-order valence-corrected chi connectivity index (χ0v) is 13.9. The molecular formula is C16H35N. The average Bonchev–Trinajstić information content (AvgIpc) is 1.98. The fourth-order valence-corrected chi connectivity index (χ4v) is 2.95. The Hall–Kier alpha value is -0.0400. The fourth-order valence-electron chi connectivity index (χ4n) is 2.95. The molecule has 0 aromatic carbocycles. The molecule has 0 radical (unpaired) electrons. The van der Waals surface area contributed by atoms with E-state index in [2.05, 4.69) is 69.2 Å². The van der Waals surface area contributed by atoms with Gasteiger partial charge in [0.15, 0.2) is 0 Å². The van der Waals surface area contributed by atoms with Gasteiger partial charge in [0.2, 0.25) is 0 Å².